The van der Waals surface area contributed by atoms with Gasteiger partial charge in [0.15, 0.2) is 0 Å². The van der Waals surface area contributed by atoms with E-state index in [2.05, 4.69) is 26.0 Å². The van der Waals surface area contributed by atoms with Crippen molar-refractivity contribution in [3.8, 4) is 0 Å². The maximum Gasteiger partial charge on any atom is 0.303 e. The number of rotatable bonds is 17. The van der Waals surface area contributed by atoms with Crippen molar-refractivity contribution >= 4 is 5.97 Å². The fourth-order valence-corrected chi connectivity index (χ4v) is 2.55. The van der Waals surface area contributed by atoms with Crippen LogP contribution in [0.3, 0.4) is 0 Å². The average molecular weight is 356 g/mol. The van der Waals surface area contributed by atoms with E-state index in [4.69, 9.17) is 10.8 Å². The van der Waals surface area contributed by atoms with Crippen molar-refractivity contribution in [3.05, 3.63) is 12.2 Å². The molecule has 0 spiro atoms. The third kappa shape index (κ3) is 31.5. The van der Waals surface area contributed by atoms with Crippen molar-refractivity contribution < 1.29 is 9.90 Å². The Morgan fingerprint density at radius 1 is 0.720 bits per heavy atom. The highest BCUT2D eigenvalue weighted by atomic mass is 16.4. The van der Waals surface area contributed by atoms with E-state index in [0.717, 1.165) is 19.4 Å². The molecular weight excluding hydrogens is 310 g/mol. The fourth-order valence-electron chi connectivity index (χ4n) is 2.55. The summed E-state index contributed by atoms with van der Waals surface area (Å²) in [6, 6.07) is 0. The number of hydrogen-bond acceptors (Lipinski definition) is 2. The van der Waals surface area contributed by atoms with Gasteiger partial charge in [0.05, 0.1) is 0 Å². The second kappa shape index (κ2) is 25.4. The van der Waals surface area contributed by atoms with Crippen molar-refractivity contribution in [1.29, 1.82) is 0 Å². The maximum absolute atomic E-state index is 10.3. The van der Waals surface area contributed by atoms with Gasteiger partial charge in [-0.05, 0) is 45.1 Å². The van der Waals surface area contributed by atoms with Gasteiger partial charge in [-0.3, -0.25) is 4.79 Å². The second-order valence-electron chi connectivity index (χ2n) is 6.87. The summed E-state index contributed by atoms with van der Waals surface area (Å²) in [6.45, 7) is 5.23. The molecule has 3 heteroatoms. The number of allylic oxidation sites excluding steroid dienone is 2. The highest BCUT2D eigenvalue weighted by Gasteiger charge is 1.95. The highest BCUT2D eigenvalue weighted by Crippen LogP contribution is 2.09. The maximum atomic E-state index is 10.3. The Kier molecular flexibility index (Phi) is 26.8. The monoisotopic (exact) mass is 355 g/mol. The molecule has 0 aromatic rings. The number of carboxylic acid groups (broad SMARTS) is 1. The molecule has 0 saturated heterocycles. The van der Waals surface area contributed by atoms with Gasteiger partial charge in [0.1, 0.15) is 0 Å². The molecule has 0 rings (SSSR count). The largest absolute Gasteiger partial charge is 0.481 e. The third-order valence-corrected chi connectivity index (χ3v) is 4.21. The van der Waals surface area contributed by atoms with Crippen molar-refractivity contribution in [1.82, 2.24) is 0 Å². The van der Waals surface area contributed by atoms with Crippen LogP contribution >= 0.6 is 0 Å². The first-order valence-corrected chi connectivity index (χ1v) is 10.8. The second-order valence-corrected chi connectivity index (χ2v) is 6.87. The van der Waals surface area contributed by atoms with Crippen molar-refractivity contribution in [3.63, 3.8) is 0 Å². The molecular formula is C22H45NO2. The molecule has 0 bridgehead atoms. The molecule has 0 heterocycles. The van der Waals surface area contributed by atoms with Crippen LogP contribution in [0.1, 0.15) is 117 Å². The first-order chi connectivity index (χ1) is 12.2. The average Bonchev–Trinajstić information content (AvgIpc) is 2.59. The van der Waals surface area contributed by atoms with Crippen molar-refractivity contribution in [2.45, 2.75) is 117 Å². The van der Waals surface area contributed by atoms with Gasteiger partial charge >= 0.3 is 5.97 Å². The van der Waals surface area contributed by atoms with Gasteiger partial charge in [0.25, 0.3) is 0 Å². The molecule has 0 aliphatic heterocycles. The van der Waals surface area contributed by atoms with Crippen LogP contribution in [-0.4, -0.2) is 17.6 Å². The summed E-state index contributed by atoms with van der Waals surface area (Å²) >= 11 is 0. The van der Waals surface area contributed by atoms with E-state index in [1.54, 1.807) is 0 Å². The standard InChI is InChI=1S/C18H34O2.C4H11N/c1-2-3-4-5-6-7-8-9-10-11-12-13-14-15-16-17-18(19)20;1-2-3-4-5/h9-10H,2-8,11-17H2,1H3,(H,19,20);2-5H2,1H3/b10-9+;. The molecule has 0 unspecified atom stereocenters. The molecule has 0 aromatic heterocycles. The summed E-state index contributed by atoms with van der Waals surface area (Å²) in [5, 5.41) is 8.51. The molecule has 0 radical (unpaired) electrons. The van der Waals surface area contributed by atoms with E-state index >= 15 is 0 Å². The van der Waals surface area contributed by atoms with Crippen LogP contribution in [0.4, 0.5) is 0 Å². The predicted octanol–water partition coefficient (Wildman–Crippen LogP) is 6.85. The number of carboxylic acids is 1. The number of hydrogen-bond donors (Lipinski definition) is 2. The Bertz CT molecular complexity index is 275. The zero-order valence-electron chi connectivity index (χ0n) is 17.1. The number of aliphatic carboxylic acids is 1. The minimum Gasteiger partial charge on any atom is -0.481 e. The topological polar surface area (TPSA) is 63.3 Å². The van der Waals surface area contributed by atoms with E-state index < -0.39 is 5.97 Å². The normalized spacial score (nSPS) is 10.7. The molecule has 0 aliphatic rings. The molecule has 150 valence electrons. The predicted molar refractivity (Wildman–Crippen MR) is 111 cm³/mol. The van der Waals surface area contributed by atoms with E-state index in [0.29, 0.717) is 6.42 Å². The Labute approximate surface area is 157 Å². The van der Waals surface area contributed by atoms with Crippen LogP contribution in [0.25, 0.3) is 0 Å². The van der Waals surface area contributed by atoms with Gasteiger partial charge in [-0.25, -0.2) is 0 Å². The zero-order chi connectivity index (χ0) is 19.0. The SMILES string of the molecule is CCCCCCCC/C=C/CCCCCCCC(=O)O.CCCCN. The Morgan fingerprint density at radius 2 is 1.16 bits per heavy atom. The molecule has 25 heavy (non-hydrogen) atoms. The van der Waals surface area contributed by atoms with Crippen LogP contribution in [0.5, 0.6) is 0 Å². The summed E-state index contributed by atoms with van der Waals surface area (Å²) in [5.41, 5.74) is 5.14. The van der Waals surface area contributed by atoms with E-state index in [1.165, 1.54) is 83.5 Å². The Hall–Kier alpha value is -0.830. The van der Waals surface area contributed by atoms with Crippen LogP contribution in [-0.2, 0) is 4.79 Å². The molecule has 0 amide bonds. The van der Waals surface area contributed by atoms with Gasteiger partial charge in [-0.1, -0.05) is 83.8 Å². The third-order valence-electron chi connectivity index (χ3n) is 4.21. The van der Waals surface area contributed by atoms with E-state index in [-0.39, 0.29) is 0 Å². The summed E-state index contributed by atoms with van der Waals surface area (Å²) < 4.78 is 0. The molecule has 0 fully saturated rings. The minimum atomic E-state index is -0.664. The zero-order valence-corrected chi connectivity index (χ0v) is 17.1. The summed E-state index contributed by atoms with van der Waals surface area (Å²) in [6.07, 6.45) is 23.6. The Morgan fingerprint density at radius 3 is 1.56 bits per heavy atom. The number of nitrogens with two attached hydrogens (primary N) is 1. The Balaban J connectivity index is 0. The van der Waals surface area contributed by atoms with Gasteiger partial charge in [0.2, 0.25) is 0 Å². The van der Waals surface area contributed by atoms with Crippen LogP contribution < -0.4 is 5.73 Å². The molecule has 3 N–H and O–H groups in total. The van der Waals surface area contributed by atoms with E-state index in [1.807, 2.05) is 0 Å². The molecule has 0 atom stereocenters. The highest BCUT2D eigenvalue weighted by molar-refractivity contribution is 5.66. The van der Waals surface area contributed by atoms with Crippen LogP contribution in [0.2, 0.25) is 0 Å². The van der Waals surface area contributed by atoms with E-state index in [9.17, 15) is 4.79 Å². The smallest absolute Gasteiger partial charge is 0.303 e. The number of carbonyl (C=O) groups is 1. The lowest BCUT2D eigenvalue weighted by molar-refractivity contribution is -0.137. The lowest BCUT2D eigenvalue weighted by Gasteiger charge is -1.99. The molecule has 3 nitrogen and oxygen atoms in total. The first kappa shape index (κ1) is 26.4. The minimum absolute atomic E-state index is 0.332. The van der Waals surface area contributed by atoms with Gasteiger partial charge < -0.3 is 10.8 Å². The fraction of sp³-hybridized carbons (Fsp3) is 0.864. The summed E-state index contributed by atoms with van der Waals surface area (Å²) in [4.78, 5) is 10.3. The lowest BCUT2D eigenvalue weighted by atomic mass is 10.1. The van der Waals surface area contributed by atoms with Gasteiger partial charge in [-0.15, -0.1) is 0 Å². The van der Waals surface area contributed by atoms with Gasteiger partial charge in [0, 0.05) is 6.42 Å². The van der Waals surface area contributed by atoms with Crippen molar-refractivity contribution in [2.75, 3.05) is 6.54 Å². The lowest BCUT2D eigenvalue weighted by Crippen LogP contribution is -1.95. The van der Waals surface area contributed by atoms with Crippen LogP contribution in [0.15, 0.2) is 12.2 Å². The molecule has 0 saturated carbocycles. The first-order valence-electron chi connectivity index (χ1n) is 10.8. The van der Waals surface area contributed by atoms with Crippen LogP contribution in [0, 0.1) is 0 Å². The quantitative estimate of drug-likeness (QED) is 0.221. The van der Waals surface area contributed by atoms with Gasteiger partial charge in [-0.2, -0.15) is 0 Å². The summed E-state index contributed by atoms with van der Waals surface area (Å²) in [7, 11) is 0. The number of unbranched alkanes of at least 4 members (excludes halogenated alkanes) is 12. The molecule has 0 aliphatic carbocycles. The summed E-state index contributed by atoms with van der Waals surface area (Å²) in [5.74, 6) is -0.664. The molecule has 0 aromatic carbocycles. The van der Waals surface area contributed by atoms with Crippen molar-refractivity contribution in [2.24, 2.45) is 5.73 Å².